The molecule has 0 aromatic heterocycles. The van der Waals surface area contributed by atoms with Gasteiger partial charge in [-0.2, -0.15) is 0 Å². The summed E-state index contributed by atoms with van der Waals surface area (Å²) in [6.45, 7) is 6.75. The van der Waals surface area contributed by atoms with Gasteiger partial charge in [0.25, 0.3) is 0 Å². The lowest BCUT2D eigenvalue weighted by molar-refractivity contribution is -0.131. The summed E-state index contributed by atoms with van der Waals surface area (Å²) in [5.41, 5.74) is 0.508. The van der Waals surface area contributed by atoms with Crippen molar-refractivity contribution in [1.29, 1.82) is 0 Å². The molecule has 0 aliphatic heterocycles. The molecule has 20 heavy (non-hydrogen) atoms. The molecule has 3 saturated carbocycles. The van der Waals surface area contributed by atoms with Gasteiger partial charge in [0.15, 0.2) is 0 Å². The molecule has 0 saturated heterocycles. The lowest BCUT2D eigenvalue weighted by atomic mass is 9.60. The Balaban J connectivity index is 1.52. The fraction of sp³-hybridized carbons (Fsp3) is 1.00. The first-order chi connectivity index (χ1) is 9.76. The second kappa shape index (κ2) is 6.36. The summed E-state index contributed by atoms with van der Waals surface area (Å²) in [6, 6.07) is 0.746. The molecule has 2 nitrogen and oxygen atoms in total. The van der Waals surface area contributed by atoms with Crippen molar-refractivity contribution in [3.8, 4) is 0 Å². The maximum absolute atomic E-state index is 6.02. The molecule has 116 valence electrons. The van der Waals surface area contributed by atoms with Gasteiger partial charge < -0.3 is 10.1 Å². The predicted molar refractivity (Wildman–Crippen MR) is 83.8 cm³/mol. The summed E-state index contributed by atoms with van der Waals surface area (Å²) in [4.78, 5) is 0. The minimum Gasteiger partial charge on any atom is -0.378 e. The van der Waals surface area contributed by atoms with Gasteiger partial charge in [-0.05, 0) is 51.0 Å². The molecule has 1 spiro atoms. The largest absolute Gasteiger partial charge is 0.378 e. The summed E-state index contributed by atoms with van der Waals surface area (Å²) < 4.78 is 6.02. The fourth-order valence-electron chi connectivity index (χ4n) is 5.16. The standard InChI is InChI=1S/C18H33NO/c1-3-20-17-12-16(18(17)10-6-7-11-18)19-13-15-9-5-4-8-14(15)2/h14-17,19H,3-13H2,1-2H3. The first-order valence-electron chi connectivity index (χ1n) is 9.11. The van der Waals surface area contributed by atoms with Gasteiger partial charge in [-0.3, -0.25) is 0 Å². The molecular weight excluding hydrogens is 246 g/mol. The topological polar surface area (TPSA) is 21.3 Å². The van der Waals surface area contributed by atoms with Gasteiger partial charge >= 0.3 is 0 Å². The summed E-state index contributed by atoms with van der Waals surface area (Å²) in [7, 11) is 0. The Kier molecular flexibility index (Phi) is 4.72. The zero-order chi connectivity index (χ0) is 14.0. The Labute approximate surface area is 125 Å². The average molecular weight is 279 g/mol. The molecule has 0 bridgehead atoms. The summed E-state index contributed by atoms with van der Waals surface area (Å²) in [5, 5.41) is 3.96. The molecule has 3 rings (SSSR count). The minimum absolute atomic E-state index is 0.508. The van der Waals surface area contributed by atoms with Crippen molar-refractivity contribution < 1.29 is 4.74 Å². The van der Waals surface area contributed by atoms with Crippen molar-refractivity contribution in [2.75, 3.05) is 13.2 Å². The van der Waals surface area contributed by atoms with Gasteiger partial charge in [0.05, 0.1) is 6.10 Å². The Morgan fingerprint density at radius 2 is 1.85 bits per heavy atom. The first kappa shape index (κ1) is 14.8. The Morgan fingerprint density at radius 1 is 1.10 bits per heavy atom. The average Bonchev–Trinajstić information content (AvgIpc) is 2.96. The number of hydrogen-bond acceptors (Lipinski definition) is 2. The molecule has 0 radical (unpaired) electrons. The van der Waals surface area contributed by atoms with E-state index in [0.29, 0.717) is 11.5 Å². The van der Waals surface area contributed by atoms with E-state index < -0.39 is 0 Å². The molecule has 4 unspecified atom stereocenters. The smallest absolute Gasteiger partial charge is 0.0661 e. The first-order valence-corrected chi connectivity index (χ1v) is 9.11. The van der Waals surface area contributed by atoms with Gasteiger partial charge in [0.2, 0.25) is 0 Å². The molecule has 1 N–H and O–H groups in total. The lowest BCUT2D eigenvalue weighted by Crippen LogP contribution is -2.63. The summed E-state index contributed by atoms with van der Waals surface area (Å²) in [5.74, 6) is 1.85. The maximum atomic E-state index is 6.02. The highest BCUT2D eigenvalue weighted by atomic mass is 16.5. The van der Waals surface area contributed by atoms with Crippen LogP contribution in [0.2, 0.25) is 0 Å². The van der Waals surface area contributed by atoms with E-state index in [1.54, 1.807) is 0 Å². The molecule has 3 aliphatic rings. The molecule has 3 aliphatic carbocycles. The number of ether oxygens (including phenoxy) is 1. The second-order valence-corrected chi connectivity index (χ2v) is 7.60. The Morgan fingerprint density at radius 3 is 2.55 bits per heavy atom. The van der Waals surface area contributed by atoms with E-state index >= 15 is 0 Å². The van der Waals surface area contributed by atoms with E-state index in [0.717, 1.165) is 24.5 Å². The number of nitrogens with one attached hydrogen (secondary N) is 1. The molecule has 3 fully saturated rings. The Hall–Kier alpha value is -0.0800. The maximum Gasteiger partial charge on any atom is 0.0661 e. The van der Waals surface area contributed by atoms with Gasteiger partial charge in [-0.1, -0.05) is 39.0 Å². The molecular formula is C18H33NO. The van der Waals surface area contributed by atoms with Crippen LogP contribution in [0.3, 0.4) is 0 Å². The fourth-order valence-corrected chi connectivity index (χ4v) is 5.16. The third-order valence-corrected chi connectivity index (χ3v) is 6.60. The highest BCUT2D eigenvalue weighted by molar-refractivity contribution is 5.10. The van der Waals surface area contributed by atoms with E-state index in [1.807, 2.05) is 0 Å². The van der Waals surface area contributed by atoms with Gasteiger partial charge in [-0.25, -0.2) is 0 Å². The molecule has 4 atom stereocenters. The van der Waals surface area contributed by atoms with Crippen molar-refractivity contribution >= 4 is 0 Å². The van der Waals surface area contributed by atoms with Crippen molar-refractivity contribution in [3.05, 3.63) is 0 Å². The van der Waals surface area contributed by atoms with E-state index in [9.17, 15) is 0 Å². The highest BCUT2D eigenvalue weighted by Gasteiger charge is 2.56. The SMILES string of the molecule is CCOC1CC(NCC2CCCCC2C)C12CCCC2. The van der Waals surface area contributed by atoms with E-state index in [-0.39, 0.29) is 0 Å². The van der Waals surface area contributed by atoms with Crippen LogP contribution in [0.5, 0.6) is 0 Å². The predicted octanol–water partition coefficient (Wildman–Crippen LogP) is 4.14. The third-order valence-electron chi connectivity index (χ3n) is 6.60. The third kappa shape index (κ3) is 2.66. The Bertz CT molecular complexity index is 311. The normalized spacial score (nSPS) is 39.9. The monoisotopic (exact) mass is 279 g/mol. The van der Waals surface area contributed by atoms with Crippen LogP contribution in [0.25, 0.3) is 0 Å². The number of rotatable bonds is 5. The molecule has 0 aromatic rings. The van der Waals surface area contributed by atoms with Gasteiger partial charge in [-0.15, -0.1) is 0 Å². The summed E-state index contributed by atoms with van der Waals surface area (Å²) in [6.07, 6.45) is 13.2. The van der Waals surface area contributed by atoms with Crippen molar-refractivity contribution in [1.82, 2.24) is 5.32 Å². The summed E-state index contributed by atoms with van der Waals surface area (Å²) >= 11 is 0. The van der Waals surface area contributed by atoms with Crippen LogP contribution >= 0.6 is 0 Å². The molecule has 0 heterocycles. The molecule has 0 amide bonds. The lowest BCUT2D eigenvalue weighted by Gasteiger charge is -2.54. The quantitative estimate of drug-likeness (QED) is 0.816. The van der Waals surface area contributed by atoms with Gasteiger partial charge in [0.1, 0.15) is 0 Å². The van der Waals surface area contributed by atoms with Gasteiger partial charge in [0, 0.05) is 18.1 Å². The minimum atomic E-state index is 0.508. The van der Waals surface area contributed by atoms with Crippen LogP contribution < -0.4 is 5.32 Å². The number of hydrogen-bond donors (Lipinski definition) is 1. The van der Waals surface area contributed by atoms with Crippen LogP contribution in [0.1, 0.15) is 71.6 Å². The second-order valence-electron chi connectivity index (χ2n) is 7.60. The molecule has 0 aromatic carbocycles. The van der Waals surface area contributed by atoms with Crippen molar-refractivity contribution in [2.45, 2.75) is 83.8 Å². The van der Waals surface area contributed by atoms with Crippen molar-refractivity contribution in [2.24, 2.45) is 17.3 Å². The van der Waals surface area contributed by atoms with Crippen LogP contribution in [-0.2, 0) is 4.74 Å². The van der Waals surface area contributed by atoms with Crippen LogP contribution in [0, 0.1) is 17.3 Å². The van der Waals surface area contributed by atoms with Crippen molar-refractivity contribution in [3.63, 3.8) is 0 Å². The van der Waals surface area contributed by atoms with E-state index in [2.05, 4.69) is 19.2 Å². The zero-order valence-corrected chi connectivity index (χ0v) is 13.5. The highest BCUT2D eigenvalue weighted by Crippen LogP contribution is 2.54. The van der Waals surface area contributed by atoms with Crippen LogP contribution in [-0.4, -0.2) is 25.3 Å². The van der Waals surface area contributed by atoms with Crippen LogP contribution in [0.4, 0.5) is 0 Å². The van der Waals surface area contributed by atoms with E-state index in [4.69, 9.17) is 4.74 Å². The van der Waals surface area contributed by atoms with E-state index in [1.165, 1.54) is 64.3 Å². The van der Waals surface area contributed by atoms with Crippen LogP contribution in [0.15, 0.2) is 0 Å². The molecule has 2 heteroatoms. The zero-order valence-electron chi connectivity index (χ0n) is 13.5.